The van der Waals surface area contributed by atoms with Crippen LogP contribution in [0.2, 0.25) is 0 Å². The first-order valence-corrected chi connectivity index (χ1v) is 10.6. The van der Waals surface area contributed by atoms with Gasteiger partial charge in [-0.3, -0.25) is 9.10 Å². The Balaban J connectivity index is 1.76. The molecule has 1 aliphatic heterocycles. The van der Waals surface area contributed by atoms with Gasteiger partial charge >= 0.3 is 0 Å². The van der Waals surface area contributed by atoms with Crippen LogP contribution in [0.25, 0.3) is 0 Å². The molecule has 0 unspecified atom stereocenters. The highest BCUT2D eigenvalue weighted by Crippen LogP contribution is 2.39. The monoisotopic (exact) mass is 396 g/mol. The van der Waals surface area contributed by atoms with Gasteiger partial charge in [-0.2, -0.15) is 0 Å². The largest absolute Gasteiger partial charge is 0.360 e. The summed E-state index contributed by atoms with van der Waals surface area (Å²) in [5.74, 6) is -0.479. The van der Waals surface area contributed by atoms with Gasteiger partial charge in [-0.25, -0.2) is 8.42 Å². The standard InChI is InChI=1S/C20H16N2O3S2/c23-19-18(13-21-16-9-5-2-6-10-16)27(24,25)22(17-11-12-26-20(17)19)14-15-7-3-1-4-8-15/h1-13,21H,14H2. The van der Waals surface area contributed by atoms with Crippen LogP contribution in [0.4, 0.5) is 11.4 Å². The van der Waals surface area contributed by atoms with Crippen LogP contribution in [-0.4, -0.2) is 14.2 Å². The van der Waals surface area contributed by atoms with Gasteiger partial charge < -0.3 is 5.32 Å². The van der Waals surface area contributed by atoms with Crippen LogP contribution < -0.4 is 9.62 Å². The van der Waals surface area contributed by atoms with Crippen molar-refractivity contribution in [2.75, 3.05) is 9.62 Å². The van der Waals surface area contributed by atoms with Gasteiger partial charge in [0.2, 0.25) is 5.78 Å². The Morgan fingerprint density at radius 3 is 2.33 bits per heavy atom. The van der Waals surface area contributed by atoms with E-state index in [1.807, 2.05) is 48.5 Å². The van der Waals surface area contributed by atoms with Gasteiger partial charge in [0.05, 0.1) is 12.2 Å². The number of rotatable bonds is 4. The Bertz CT molecular complexity index is 1100. The van der Waals surface area contributed by atoms with Crippen LogP contribution in [0.3, 0.4) is 0 Å². The number of benzene rings is 2. The minimum absolute atomic E-state index is 0.170. The Hall–Kier alpha value is -2.90. The van der Waals surface area contributed by atoms with Crippen molar-refractivity contribution in [2.24, 2.45) is 0 Å². The smallest absolute Gasteiger partial charge is 0.270 e. The number of sulfonamides is 1. The van der Waals surface area contributed by atoms with E-state index in [1.165, 1.54) is 21.8 Å². The summed E-state index contributed by atoms with van der Waals surface area (Å²) in [7, 11) is -3.98. The van der Waals surface area contributed by atoms with Crippen molar-refractivity contribution in [3.63, 3.8) is 0 Å². The molecule has 4 rings (SSSR count). The fourth-order valence-electron chi connectivity index (χ4n) is 2.89. The molecule has 0 fully saturated rings. The van der Waals surface area contributed by atoms with Crippen LogP contribution in [0.5, 0.6) is 0 Å². The summed E-state index contributed by atoms with van der Waals surface area (Å²) in [4.78, 5) is 13.0. The van der Waals surface area contributed by atoms with E-state index < -0.39 is 15.8 Å². The SMILES string of the molecule is O=C1C(=CNc2ccccc2)S(=O)(=O)N(Cc2ccccc2)c2ccsc21. The molecule has 136 valence electrons. The van der Waals surface area contributed by atoms with E-state index in [0.29, 0.717) is 16.3 Å². The minimum Gasteiger partial charge on any atom is -0.360 e. The van der Waals surface area contributed by atoms with Crippen LogP contribution in [0.15, 0.2) is 83.2 Å². The van der Waals surface area contributed by atoms with E-state index in [-0.39, 0.29) is 11.4 Å². The van der Waals surface area contributed by atoms with Gasteiger partial charge in [0.25, 0.3) is 10.0 Å². The number of para-hydroxylation sites is 1. The second-order valence-corrected chi connectivity index (χ2v) is 8.73. The zero-order chi connectivity index (χ0) is 18.9. The minimum atomic E-state index is -3.98. The molecule has 2 heterocycles. The van der Waals surface area contributed by atoms with Crippen LogP contribution in [0, 0.1) is 0 Å². The predicted molar refractivity (Wildman–Crippen MR) is 108 cm³/mol. The molecule has 1 N–H and O–H groups in total. The lowest BCUT2D eigenvalue weighted by Gasteiger charge is -2.29. The number of anilines is 2. The number of carbonyl (C=O) groups is 1. The van der Waals surface area contributed by atoms with Gasteiger partial charge in [-0.05, 0) is 29.1 Å². The molecule has 1 aromatic heterocycles. The van der Waals surface area contributed by atoms with E-state index in [1.54, 1.807) is 23.6 Å². The topological polar surface area (TPSA) is 66.5 Å². The van der Waals surface area contributed by atoms with Crippen LogP contribution in [-0.2, 0) is 16.6 Å². The number of nitrogens with one attached hydrogen (secondary N) is 1. The van der Waals surface area contributed by atoms with Crippen molar-refractivity contribution in [1.29, 1.82) is 0 Å². The summed E-state index contributed by atoms with van der Waals surface area (Å²) >= 11 is 1.25. The molecule has 1 aliphatic rings. The Morgan fingerprint density at radius 1 is 0.963 bits per heavy atom. The van der Waals surface area contributed by atoms with Gasteiger partial charge in [0, 0.05) is 11.9 Å². The molecule has 7 heteroatoms. The van der Waals surface area contributed by atoms with Crippen molar-refractivity contribution in [3.8, 4) is 0 Å². The molecule has 2 aromatic carbocycles. The molecule has 0 bridgehead atoms. The molecule has 0 spiro atoms. The summed E-state index contributed by atoms with van der Waals surface area (Å²) in [6.45, 7) is 0.170. The third-order valence-corrected chi connectivity index (χ3v) is 6.89. The maximum atomic E-state index is 13.2. The molecule has 0 radical (unpaired) electrons. The number of allylic oxidation sites excluding steroid dienone is 1. The quantitative estimate of drug-likeness (QED) is 0.670. The molecular weight excluding hydrogens is 380 g/mol. The number of nitrogens with zero attached hydrogens (tertiary/aromatic N) is 1. The van der Waals surface area contributed by atoms with Gasteiger partial charge in [0.1, 0.15) is 4.88 Å². The number of hydrogen-bond acceptors (Lipinski definition) is 5. The molecule has 0 atom stereocenters. The predicted octanol–water partition coefficient (Wildman–Crippen LogP) is 4.23. The summed E-state index contributed by atoms with van der Waals surface area (Å²) in [6.07, 6.45) is 1.29. The number of ketones is 1. The number of Topliss-reactive ketones (excluding diaryl/α,β-unsaturated/α-hetero) is 1. The average Bonchev–Trinajstić information content (AvgIpc) is 3.16. The zero-order valence-corrected chi connectivity index (χ0v) is 15.8. The van der Waals surface area contributed by atoms with Crippen LogP contribution in [0.1, 0.15) is 15.2 Å². The van der Waals surface area contributed by atoms with E-state index >= 15 is 0 Å². The highest BCUT2D eigenvalue weighted by atomic mass is 32.2. The molecule has 0 saturated carbocycles. The summed E-state index contributed by atoms with van der Waals surface area (Å²) in [6, 6.07) is 20.1. The van der Waals surface area contributed by atoms with Crippen molar-refractivity contribution < 1.29 is 13.2 Å². The average molecular weight is 396 g/mol. The lowest BCUT2D eigenvalue weighted by Crippen LogP contribution is -2.38. The third kappa shape index (κ3) is 3.27. The molecule has 0 aliphatic carbocycles. The number of fused-ring (bicyclic) bond motifs is 1. The molecule has 5 nitrogen and oxygen atoms in total. The Labute approximate surface area is 161 Å². The fraction of sp³-hybridized carbons (Fsp3) is 0.0500. The Morgan fingerprint density at radius 2 is 1.63 bits per heavy atom. The van der Waals surface area contributed by atoms with Gasteiger partial charge in [-0.15, -0.1) is 11.3 Å². The highest BCUT2D eigenvalue weighted by Gasteiger charge is 2.41. The Kier molecular flexibility index (Phi) is 4.55. The van der Waals surface area contributed by atoms with Crippen molar-refractivity contribution in [2.45, 2.75) is 6.54 Å². The molecule has 27 heavy (non-hydrogen) atoms. The van der Waals surface area contributed by atoms with E-state index in [0.717, 1.165) is 5.56 Å². The van der Waals surface area contributed by atoms with Crippen LogP contribution >= 0.6 is 11.3 Å². The van der Waals surface area contributed by atoms with E-state index in [4.69, 9.17) is 0 Å². The summed E-state index contributed by atoms with van der Waals surface area (Å²) in [5.41, 5.74) is 1.99. The van der Waals surface area contributed by atoms with E-state index in [9.17, 15) is 13.2 Å². The van der Waals surface area contributed by atoms with Crippen molar-refractivity contribution in [1.82, 2.24) is 0 Å². The zero-order valence-electron chi connectivity index (χ0n) is 14.2. The molecular formula is C20H16N2O3S2. The maximum Gasteiger partial charge on any atom is 0.270 e. The summed E-state index contributed by atoms with van der Waals surface area (Å²) < 4.78 is 27.7. The third-order valence-electron chi connectivity index (χ3n) is 4.22. The first-order chi connectivity index (χ1) is 13.1. The van der Waals surface area contributed by atoms with Crippen molar-refractivity contribution in [3.05, 3.63) is 93.7 Å². The number of thiophene rings is 1. The molecule has 0 saturated heterocycles. The van der Waals surface area contributed by atoms with Crippen molar-refractivity contribution >= 4 is 38.5 Å². The molecule has 3 aromatic rings. The number of hydrogen-bond donors (Lipinski definition) is 1. The normalized spacial score (nSPS) is 17.0. The second-order valence-electron chi connectivity index (χ2n) is 5.98. The first kappa shape index (κ1) is 17.5. The maximum absolute atomic E-state index is 13.2. The summed E-state index contributed by atoms with van der Waals surface area (Å²) in [5, 5.41) is 4.66. The molecule has 0 amide bonds. The highest BCUT2D eigenvalue weighted by molar-refractivity contribution is 7.97. The first-order valence-electron chi connectivity index (χ1n) is 8.28. The lowest BCUT2D eigenvalue weighted by molar-refractivity contribution is 0.104. The lowest BCUT2D eigenvalue weighted by atomic mass is 10.2. The number of carbonyl (C=O) groups excluding carboxylic acids is 1. The second kappa shape index (κ2) is 7.02. The van der Waals surface area contributed by atoms with Gasteiger partial charge in [-0.1, -0.05) is 48.5 Å². The fourth-order valence-corrected chi connectivity index (χ4v) is 5.37. The van der Waals surface area contributed by atoms with E-state index in [2.05, 4.69) is 5.32 Å². The van der Waals surface area contributed by atoms with Gasteiger partial charge in [0.15, 0.2) is 4.91 Å².